The lowest BCUT2D eigenvalue weighted by molar-refractivity contribution is 0.391. The molecule has 4 rings (SSSR count). The summed E-state index contributed by atoms with van der Waals surface area (Å²) in [5.41, 5.74) is 2.85. The first-order chi connectivity index (χ1) is 14.1. The molecule has 0 radical (unpaired) electrons. The van der Waals surface area contributed by atoms with Crippen LogP contribution in [-0.2, 0) is 12.2 Å². The van der Waals surface area contributed by atoms with E-state index in [1.54, 1.807) is 4.57 Å². The van der Waals surface area contributed by atoms with Gasteiger partial charge >= 0.3 is 0 Å². The number of para-hydroxylation sites is 1. The average molecular weight is 407 g/mol. The summed E-state index contributed by atoms with van der Waals surface area (Å²) >= 11 is 1.43. The van der Waals surface area contributed by atoms with E-state index in [0.717, 1.165) is 12.0 Å². The smallest absolute Gasteiger partial charge is 0.262 e. The highest BCUT2D eigenvalue weighted by Crippen LogP contribution is 2.25. The van der Waals surface area contributed by atoms with Crippen molar-refractivity contribution in [1.82, 2.24) is 19.7 Å². The average Bonchev–Trinajstić information content (AvgIpc) is 3.21. The Hall–Kier alpha value is -2.93. The quantitative estimate of drug-likeness (QED) is 0.335. The molecule has 2 aromatic carbocycles. The van der Waals surface area contributed by atoms with Gasteiger partial charge in [-0.25, -0.2) is 4.98 Å². The highest BCUT2D eigenvalue weighted by atomic mass is 32.2. The van der Waals surface area contributed by atoms with Gasteiger partial charge in [-0.05, 0) is 38.0 Å². The Labute approximate surface area is 173 Å². The third kappa shape index (κ3) is 3.96. The van der Waals surface area contributed by atoms with Crippen LogP contribution >= 0.6 is 11.8 Å². The summed E-state index contributed by atoms with van der Waals surface area (Å²) in [5, 5.41) is 5.37. The van der Waals surface area contributed by atoms with Gasteiger partial charge in [-0.2, -0.15) is 4.98 Å². The van der Waals surface area contributed by atoms with Crippen LogP contribution in [0.1, 0.15) is 38.3 Å². The van der Waals surface area contributed by atoms with Crippen molar-refractivity contribution in [2.45, 2.75) is 44.1 Å². The van der Waals surface area contributed by atoms with Crippen molar-refractivity contribution < 1.29 is 4.52 Å². The van der Waals surface area contributed by atoms with E-state index in [1.165, 1.54) is 17.3 Å². The van der Waals surface area contributed by atoms with Crippen LogP contribution < -0.4 is 5.56 Å². The second-order valence-electron chi connectivity index (χ2n) is 7.03. The largest absolute Gasteiger partial charge is 0.338 e. The molecule has 0 amide bonds. The zero-order chi connectivity index (χ0) is 20.4. The molecule has 0 unspecified atom stereocenters. The monoisotopic (exact) mass is 406 g/mol. The Morgan fingerprint density at radius 1 is 1.07 bits per heavy atom. The number of aromatic nitrogens is 4. The van der Waals surface area contributed by atoms with Crippen molar-refractivity contribution in [2.75, 3.05) is 0 Å². The first-order valence-electron chi connectivity index (χ1n) is 9.62. The summed E-state index contributed by atoms with van der Waals surface area (Å²) in [4.78, 5) is 22.1. The molecule has 0 saturated heterocycles. The molecule has 0 N–H and O–H groups in total. The maximum absolute atomic E-state index is 12.9. The standard InChI is InChI=1S/C22H22N4O2S/c1-4-15-9-11-16(12-10-15)20-24-19(28-25-20)13-29-22-23-18-8-6-5-7-17(18)21(27)26(22)14(2)3/h5-12,14H,4,13H2,1-3H3. The van der Waals surface area contributed by atoms with E-state index in [2.05, 4.69) is 29.2 Å². The molecule has 29 heavy (non-hydrogen) atoms. The number of hydrogen-bond acceptors (Lipinski definition) is 6. The highest BCUT2D eigenvalue weighted by molar-refractivity contribution is 7.98. The summed E-state index contributed by atoms with van der Waals surface area (Å²) < 4.78 is 7.13. The molecule has 0 atom stereocenters. The van der Waals surface area contributed by atoms with E-state index in [0.29, 0.717) is 33.5 Å². The molecule has 0 spiro atoms. The van der Waals surface area contributed by atoms with E-state index < -0.39 is 0 Å². The van der Waals surface area contributed by atoms with Crippen molar-refractivity contribution in [3.63, 3.8) is 0 Å². The van der Waals surface area contributed by atoms with Crippen LogP contribution in [0.5, 0.6) is 0 Å². The Bertz CT molecular complexity index is 1200. The predicted molar refractivity (Wildman–Crippen MR) is 115 cm³/mol. The van der Waals surface area contributed by atoms with Crippen molar-refractivity contribution in [3.05, 3.63) is 70.3 Å². The predicted octanol–water partition coefficient (Wildman–Crippen LogP) is 4.88. The Morgan fingerprint density at radius 2 is 1.83 bits per heavy atom. The summed E-state index contributed by atoms with van der Waals surface area (Å²) in [6, 6.07) is 15.6. The molecule has 0 bridgehead atoms. The molecule has 4 aromatic rings. The van der Waals surface area contributed by atoms with Crippen LogP contribution in [0.25, 0.3) is 22.3 Å². The Morgan fingerprint density at radius 3 is 2.55 bits per heavy atom. The molecular weight excluding hydrogens is 384 g/mol. The molecule has 2 aromatic heterocycles. The maximum atomic E-state index is 12.9. The molecule has 0 aliphatic rings. The third-order valence-electron chi connectivity index (χ3n) is 4.71. The van der Waals surface area contributed by atoms with Crippen LogP contribution in [0, 0.1) is 0 Å². The van der Waals surface area contributed by atoms with Gasteiger partial charge in [0.2, 0.25) is 11.7 Å². The van der Waals surface area contributed by atoms with Gasteiger partial charge in [-0.3, -0.25) is 9.36 Å². The normalized spacial score (nSPS) is 11.4. The molecule has 2 heterocycles. The Balaban J connectivity index is 1.59. The molecule has 0 saturated carbocycles. The minimum atomic E-state index is -0.0321. The number of hydrogen-bond donors (Lipinski definition) is 0. The molecular formula is C22H22N4O2S. The lowest BCUT2D eigenvalue weighted by Crippen LogP contribution is -2.25. The van der Waals surface area contributed by atoms with Gasteiger partial charge in [-0.15, -0.1) is 0 Å². The van der Waals surface area contributed by atoms with Crippen molar-refractivity contribution >= 4 is 22.7 Å². The fourth-order valence-corrected chi connectivity index (χ4v) is 4.09. The number of rotatable bonds is 6. The lowest BCUT2D eigenvalue weighted by atomic mass is 10.1. The van der Waals surface area contributed by atoms with E-state index in [4.69, 9.17) is 9.51 Å². The summed E-state index contributed by atoms with van der Waals surface area (Å²) in [5.74, 6) is 1.51. The number of aryl methyl sites for hydroxylation is 1. The fourth-order valence-electron chi connectivity index (χ4n) is 3.13. The van der Waals surface area contributed by atoms with Crippen LogP contribution in [0.3, 0.4) is 0 Å². The first kappa shape index (κ1) is 19.4. The Kier molecular flexibility index (Phi) is 5.49. The SMILES string of the molecule is CCc1ccc(-c2noc(CSc3nc4ccccc4c(=O)n3C(C)C)n2)cc1. The van der Waals surface area contributed by atoms with Gasteiger partial charge in [0.05, 0.1) is 16.7 Å². The van der Waals surface area contributed by atoms with Crippen molar-refractivity contribution in [3.8, 4) is 11.4 Å². The van der Waals surface area contributed by atoms with Crippen LogP contribution in [0.15, 0.2) is 63.0 Å². The number of fused-ring (bicyclic) bond motifs is 1. The van der Waals surface area contributed by atoms with Crippen molar-refractivity contribution in [2.24, 2.45) is 0 Å². The number of benzene rings is 2. The van der Waals surface area contributed by atoms with E-state index in [9.17, 15) is 4.79 Å². The fraction of sp³-hybridized carbons (Fsp3) is 0.273. The lowest BCUT2D eigenvalue weighted by Gasteiger charge is -2.15. The van der Waals surface area contributed by atoms with Gasteiger partial charge in [0.25, 0.3) is 5.56 Å². The molecule has 0 aliphatic heterocycles. The summed E-state index contributed by atoms with van der Waals surface area (Å²) in [6.07, 6.45) is 0.991. The summed E-state index contributed by atoms with van der Waals surface area (Å²) in [7, 11) is 0. The molecule has 7 heteroatoms. The van der Waals surface area contributed by atoms with Crippen molar-refractivity contribution in [1.29, 1.82) is 0 Å². The van der Waals surface area contributed by atoms with Gasteiger partial charge in [0, 0.05) is 11.6 Å². The second kappa shape index (κ2) is 8.21. The highest BCUT2D eigenvalue weighted by Gasteiger charge is 2.16. The van der Waals surface area contributed by atoms with Crippen LogP contribution in [0.2, 0.25) is 0 Å². The van der Waals surface area contributed by atoms with Gasteiger partial charge < -0.3 is 4.52 Å². The van der Waals surface area contributed by atoms with E-state index >= 15 is 0 Å². The number of thioether (sulfide) groups is 1. The van der Waals surface area contributed by atoms with E-state index in [-0.39, 0.29) is 11.6 Å². The number of nitrogens with zero attached hydrogens (tertiary/aromatic N) is 4. The topological polar surface area (TPSA) is 73.8 Å². The molecule has 148 valence electrons. The molecule has 6 nitrogen and oxygen atoms in total. The van der Waals surface area contributed by atoms with Gasteiger partial charge in [0.15, 0.2) is 5.16 Å². The second-order valence-corrected chi connectivity index (χ2v) is 7.97. The third-order valence-corrected chi connectivity index (χ3v) is 5.64. The zero-order valence-electron chi connectivity index (χ0n) is 16.6. The summed E-state index contributed by atoms with van der Waals surface area (Å²) in [6.45, 7) is 6.08. The zero-order valence-corrected chi connectivity index (χ0v) is 17.4. The van der Waals surface area contributed by atoms with Gasteiger partial charge in [0.1, 0.15) is 0 Å². The minimum absolute atomic E-state index is 0.00238. The first-order valence-corrected chi connectivity index (χ1v) is 10.6. The maximum Gasteiger partial charge on any atom is 0.262 e. The molecule has 0 aliphatic carbocycles. The minimum Gasteiger partial charge on any atom is -0.338 e. The van der Waals surface area contributed by atoms with Crippen LogP contribution in [0.4, 0.5) is 0 Å². The van der Waals surface area contributed by atoms with Crippen LogP contribution in [-0.4, -0.2) is 19.7 Å². The van der Waals surface area contributed by atoms with Gasteiger partial charge in [-0.1, -0.05) is 60.2 Å². The van der Waals surface area contributed by atoms with E-state index in [1.807, 2.05) is 50.2 Å². The molecule has 0 fully saturated rings.